The Balaban J connectivity index is 1.50. The minimum atomic E-state index is -2.08. The van der Waals surface area contributed by atoms with Crippen LogP contribution in [0.2, 0.25) is 0 Å². The summed E-state index contributed by atoms with van der Waals surface area (Å²) in [6, 6.07) is 3.75. The van der Waals surface area contributed by atoms with Gasteiger partial charge in [0, 0.05) is 46.4 Å². The first-order valence-corrected chi connectivity index (χ1v) is 11.5. The normalized spacial score (nSPS) is 31.8. The Morgan fingerprint density at radius 2 is 2.19 bits per heavy atom. The van der Waals surface area contributed by atoms with Crippen molar-refractivity contribution in [3.05, 3.63) is 29.6 Å². The number of nitrogens with zero attached hydrogens (tertiary/aromatic N) is 3. The first kappa shape index (κ1) is 17.9. The van der Waals surface area contributed by atoms with E-state index in [-0.39, 0.29) is 11.5 Å². The molecule has 142 valence electrons. The van der Waals surface area contributed by atoms with Crippen molar-refractivity contribution in [2.24, 2.45) is 4.36 Å². The highest BCUT2D eigenvalue weighted by atomic mass is 32.2. The lowest BCUT2D eigenvalue weighted by Crippen LogP contribution is -2.56. The summed E-state index contributed by atoms with van der Waals surface area (Å²) in [5, 5.41) is 0. The van der Waals surface area contributed by atoms with Crippen molar-refractivity contribution in [1.82, 2.24) is 9.88 Å². The molecule has 1 saturated carbocycles. The van der Waals surface area contributed by atoms with E-state index in [1.54, 1.807) is 6.20 Å². The fourth-order valence-electron chi connectivity index (χ4n) is 4.05. The van der Waals surface area contributed by atoms with Gasteiger partial charge in [-0.05, 0) is 44.7 Å². The van der Waals surface area contributed by atoms with Gasteiger partial charge in [-0.2, -0.15) is 0 Å². The van der Waals surface area contributed by atoms with Crippen molar-refractivity contribution in [3.63, 3.8) is 0 Å². The molecule has 1 spiro atoms. The number of pyridine rings is 1. The number of morpholine rings is 1. The molecule has 3 aliphatic rings. The highest BCUT2D eigenvalue weighted by Gasteiger charge is 2.43. The molecule has 2 aliphatic heterocycles. The summed E-state index contributed by atoms with van der Waals surface area (Å²) in [6.45, 7) is 4.25. The van der Waals surface area contributed by atoms with E-state index in [9.17, 15) is 9.00 Å². The van der Waals surface area contributed by atoms with E-state index in [0.717, 1.165) is 24.1 Å². The van der Waals surface area contributed by atoms with Crippen LogP contribution in [0, 0.1) is 0 Å². The molecule has 1 amide bonds. The van der Waals surface area contributed by atoms with Gasteiger partial charge in [0.2, 0.25) is 0 Å². The fraction of sp³-hybridized carbons (Fsp3) is 0.684. The molecule has 1 aromatic heterocycles. The maximum Gasteiger partial charge on any atom is 0.255 e. The van der Waals surface area contributed by atoms with Crippen LogP contribution >= 0.6 is 0 Å². The third-order valence-corrected chi connectivity index (χ3v) is 8.10. The molecule has 0 bridgehead atoms. The first-order chi connectivity index (χ1) is 12.5. The van der Waals surface area contributed by atoms with Crippen LogP contribution in [0.3, 0.4) is 0 Å². The number of aromatic nitrogens is 1. The third-order valence-electron chi connectivity index (χ3n) is 5.69. The van der Waals surface area contributed by atoms with E-state index in [1.807, 2.05) is 24.0 Å². The van der Waals surface area contributed by atoms with Gasteiger partial charge in [-0.25, -0.2) is 8.57 Å². The smallest absolute Gasteiger partial charge is 0.255 e. The van der Waals surface area contributed by atoms with Crippen molar-refractivity contribution in [2.75, 3.05) is 37.7 Å². The zero-order valence-corrected chi connectivity index (χ0v) is 16.2. The summed E-state index contributed by atoms with van der Waals surface area (Å²) in [4.78, 5) is 19.5. The Morgan fingerprint density at radius 1 is 1.42 bits per heavy atom. The summed E-state index contributed by atoms with van der Waals surface area (Å²) < 4.78 is 23.1. The Bertz CT molecular complexity index is 798. The molecular formula is C19H27N3O3S. The molecule has 26 heavy (non-hydrogen) atoms. The van der Waals surface area contributed by atoms with Crippen molar-refractivity contribution in [3.8, 4) is 0 Å². The largest absolute Gasteiger partial charge is 0.371 e. The van der Waals surface area contributed by atoms with Crippen LogP contribution < -0.4 is 0 Å². The highest BCUT2D eigenvalue weighted by molar-refractivity contribution is 7.93. The van der Waals surface area contributed by atoms with Crippen LogP contribution in [-0.4, -0.2) is 63.3 Å². The van der Waals surface area contributed by atoms with E-state index in [1.165, 1.54) is 0 Å². The quantitative estimate of drug-likeness (QED) is 0.811. The van der Waals surface area contributed by atoms with Gasteiger partial charge in [0.05, 0.1) is 30.0 Å². The standard InChI is InChI=1S/C19H27N3O3S/c1-2-21-26(24)12-7-19(8-13-26)14-22(10-11-25-19)18(23)16-4-3-9-20-17(16)15-5-6-15/h3-4,9,15H,2,5-8,10-14H2,1H3. The molecular weight excluding hydrogens is 350 g/mol. The van der Waals surface area contributed by atoms with Crippen molar-refractivity contribution >= 4 is 15.6 Å². The van der Waals surface area contributed by atoms with Gasteiger partial charge < -0.3 is 9.64 Å². The zero-order chi connectivity index (χ0) is 18.2. The van der Waals surface area contributed by atoms with Crippen LogP contribution in [0.1, 0.15) is 54.6 Å². The molecule has 0 unspecified atom stereocenters. The second-order valence-corrected chi connectivity index (χ2v) is 10.2. The van der Waals surface area contributed by atoms with Crippen molar-refractivity contribution < 1.29 is 13.7 Å². The van der Waals surface area contributed by atoms with Crippen LogP contribution in [-0.2, 0) is 14.5 Å². The lowest BCUT2D eigenvalue weighted by molar-refractivity contribution is -0.104. The van der Waals surface area contributed by atoms with Crippen molar-refractivity contribution in [2.45, 2.75) is 44.1 Å². The molecule has 6 nitrogen and oxygen atoms in total. The van der Waals surface area contributed by atoms with Gasteiger partial charge in [0.15, 0.2) is 0 Å². The van der Waals surface area contributed by atoms with Crippen molar-refractivity contribution in [1.29, 1.82) is 0 Å². The van der Waals surface area contributed by atoms with Crippen LogP contribution in [0.4, 0.5) is 0 Å². The van der Waals surface area contributed by atoms with E-state index in [0.29, 0.717) is 56.5 Å². The Morgan fingerprint density at radius 3 is 2.88 bits per heavy atom. The van der Waals surface area contributed by atoms with E-state index < -0.39 is 9.73 Å². The first-order valence-electron chi connectivity index (χ1n) is 9.61. The number of hydrogen-bond acceptors (Lipinski definition) is 5. The van der Waals surface area contributed by atoms with Gasteiger partial charge >= 0.3 is 0 Å². The summed E-state index contributed by atoms with van der Waals surface area (Å²) in [7, 11) is -2.08. The Kier molecular flexibility index (Phi) is 4.77. The van der Waals surface area contributed by atoms with Gasteiger partial charge in [0.25, 0.3) is 5.91 Å². The minimum absolute atomic E-state index is 0.0622. The average Bonchev–Trinajstić information content (AvgIpc) is 3.50. The minimum Gasteiger partial charge on any atom is -0.371 e. The maximum absolute atomic E-state index is 13.2. The number of carbonyl (C=O) groups excluding carboxylic acids is 1. The second-order valence-electron chi connectivity index (χ2n) is 7.59. The summed E-state index contributed by atoms with van der Waals surface area (Å²) in [6.07, 6.45) is 5.45. The third kappa shape index (κ3) is 3.51. The second kappa shape index (κ2) is 6.93. The lowest BCUT2D eigenvalue weighted by atomic mass is 9.93. The molecule has 0 aromatic carbocycles. The average molecular weight is 378 g/mol. The molecule has 1 aliphatic carbocycles. The Labute approximate surface area is 155 Å². The molecule has 3 fully saturated rings. The number of ether oxygens (including phenoxy) is 1. The summed E-state index contributed by atoms with van der Waals surface area (Å²) in [5.74, 6) is 1.65. The van der Waals surface area contributed by atoms with E-state index >= 15 is 0 Å². The SMILES string of the molecule is CCN=S1(=O)CCC2(CC1)CN(C(=O)c1cccnc1C1CC1)CCO2. The van der Waals surface area contributed by atoms with Gasteiger partial charge in [-0.3, -0.25) is 9.78 Å². The fourth-order valence-corrected chi connectivity index (χ4v) is 6.37. The monoisotopic (exact) mass is 377 g/mol. The molecule has 2 saturated heterocycles. The molecule has 0 atom stereocenters. The Hall–Kier alpha value is -1.47. The van der Waals surface area contributed by atoms with Gasteiger partial charge in [0.1, 0.15) is 0 Å². The number of amides is 1. The van der Waals surface area contributed by atoms with Gasteiger partial charge in [-0.15, -0.1) is 0 Å². The number of carbonyl (C=O) groups is 1. The topological polar surface area (TPSA) is 71.9 Å². The predicted molar refractivity (Wildman–Crippen MR) is 101 cm³/mol. The molecule has 0 N–H and O–H groups in total. The molecule has 3 heterocycles. The maximum atomic E-state index is 13.2. The molecule has 0 radical (unpaired) electrons. The van der Waals surface area contributed by atoms with E-state index in [4.69, 9.17) is 4.74 Å². The van der Waals surface area contributed by atoms with Crippen LogP contribution in [0.15, 0.2) is 22.7 Å². The number of hydrogen-bond donors (Lipinski definition) is 0. The molecule has 1 aromatic rings. The summed E-state index contributed by atoms with van der Waals surface area (Å²) in [5.41, 5.74) is 1.33. The predicted octanol–water partition coefficient (Wildman–Crippen LogP) is 2.45. The van der Waals surface area contributed by atoms with E-state index in [2.05, 4.69) is 9.35 Å². The lowest BCUT2D eigenvalue weighted by Gasteiger charge is -2.45. The molecule has 4 rings (SSSR count). The van der Waals surface area contributed by atoms with Crippen LogP contribution in [0.5, 0.6) is 0 Å². The van der Waals surface area contributed by atoms with Gasteiger partial charge in [-0.1, -0.05) is 0 Å². The number of rotatable bonds is 3. The van der Waals surface area contributed by atoms with Crippen LogP contribution in [0.25, 0.3) is 0 Å². The summed E-state index contributed by atoms with van der Waals surface area (Å²) >= 11 is 0. The molecule has 7 heteroatoms. The highest BCUT2D eigenvalue weighted by Crippen LogP contribution is 2.41. The zero-order valence-electron chi connectivity index (χ0n) is 15.4.